The Morgan fingerprint density at radius 3 is 2.18 bits per heavy atom. The summed E-state index contributed by atoms with van der Waals surface area (Å²) < 4.78 is 31.7. The molecular weight excluding hydrogens is 306 g/mol. The predicted molar refractivity (Wildman–Crippen MR) is 82.8 cm³/mol. The molecule has 0 saturated carbocycles. The van der Waals surface area contributed by atoms with Crippen LogP contribution in [-0.2, 0) is 19.6 Å². The van der Waals surface area contributed by atoms with Gasteiger partial charge < -0.3 is 9.84 Å². The largest absolute Gasteiger partial charge is 0.458 e. The smallest absolute Gasteiger partial charge is 0.337 e. The van der Waals surface area contributed by atoms with Crippen molar-refractivity contribution in [3.63, 3.8) is 0 Å². The van der Waals surface area contributed by atoms with Gasteiger partial charge in [0, 0.05) is 0 Å². The molecule has 0 spiro atoms. The summed E-state index contributed by atoms with van der Waals surface area (Å²) in [4.78, 5) is 11.8. The molecule has 0 unspecified atom stereocenters. The Bertz CT molecular complexity index is 616. The third-order valence-corrected chi connectivity index (χ3v) is 4.37. The summed E-state index contributed by atoms with van der Waals surface area (Å²) in [5.74, 6) is -0.869. The van der Waals surface area contributed by atoms with E-state index < -0.39 is 33.7 Å². The van der Waals surface area contributed by atoms with Crippen molar-refractivity contribution in [1.82, 2.24) is 4.72 Å². The van der Waals surface area contributed by atoms with Crippen LogP contribution in [-0.4, -0.2) is 37.2 Å². The Morgan fingerprint density at radius 2 is 1.73 bits per heavy atom. The number of carbonyl (C=O) groups is 1. The van der Waals surface area contributed by atoms with E-state index in [1.807, 2.05) is 6.92 Å². The minimum absolute atomic E-state index is 0.0707. The molecule has 6 nitrogen and oxygen atoms in total. The number of hydrogen-bond donors (Lipinski definition) is 2. The zero-order valence-corrected chi connectivity index (χ0v) is 14.3. The molecule has 1 rings (SSSR count). The molecule has 0 aliphatic heterocycles. The van der Waals surface area contributed by atoms with Gasteiger partial charge in [-0.2, -0.15) is 0 Å². The summed E-state index contributed by atoms with van der Waals surface area (Å²) in [6.45, 7) is 8.25. The van der Waals surface area contributed by atoms with Crippen molar-refractivity contribution in [3.05, 3.63) is 29.8 Å². The molecule has 2 N–H and O–H groups in total. The second kappa shape index (κ2) is 6.76. The molecule has 1 aromatic carbocycles. The van der Waals surface area contributed by atoms with Crippen LogP contribution < -0.4 is 4.72 Å². The van der Waals surface area contributed by atoms with Crippen molar-refractivity contribution < 1.29 is 23.1 Å². The first-order valence-electron chi connectivity index (χ1n) is 6.92. The van der Waals surface area contributed by atoms with Gasteiger partial charge in [-0.15, -0.1) is 0 Å². The number of carbonyl (C=O) groups excluding carboxylic acids is 1. The molecule has 2 atom stereocenters. The highest BCUT2D eigenvalue weighted by molar-refractivity contribution is 7.89. The van der Waals surface area contributed by atoms with Crippen LogP contribution in [0.1, 0.15) is 33.3 Å². The van der Waals surface area contributed by atoms with Gasteiger partial charge in [0.05, 0.1) is 10.9 Å². The lowest BCUT2D eigenvalue weighted by Gasteiger charge is -2.24. The summed E-state index contributed by atoms with van der Waals surface area (Å²) in [5, 5.41) is 9.90. The molecule has 7 heteroatoms. The summed E-state index contributed by atoms with van der Waals surface area (Å²) in [6.07, 6.45) is -1.58. The van der Waals surface area contributed by atoms with E-state index in [2.05, 4.69) is 4.72 Å². The summed E-state index contributed by atoms with van der Waals surface area (Å²) in [7, 11) is -3.82. The van der Waals surface area contributed by atoms with Crippen LogP contribution in [0, 0.1) is 6.92 Å². The fourth-order valence-electron chi connectivity index (χ4n) is 1.66. The van der Waals surface area contributed by atoms with Crippen molar-refractivity contribution >= 4 is 16.0 Å². The number of nitrogens with one attached hydrogen (secondary N) is 1. The Morgan fingerprint density at radius 1 is 1.23 bits per heavy atom. The highest BCUT2D eigenvalue weighted by Crippen LogP contribution is 2.13. The normalized spacial score (nSPS) is 15.2. The fourth-order valence-corrected chi connectivity index (χ4v) is 2.91. The summed E-state index contributed by atoms with van der Waals surface area (Å²) >= 11 is 0. The number of ether oxygens (including phenoxy) is 1. The second-order valence-electron chi connectivity index (χ2n) is 6.20. The fraction of sp³-hybridized carbons (Fsp3) is 0.533. The number of rotatable bonds is 5. The summed E-state index contributed by atoms with van der Waals surface area (Å²) in [6, 6.07) is 5.25. The molecule has 124 valence electrons. The number of sulfonamides is 1. The van der Waals surface area contributed by atoms with Gasteiger partial charge in [-0.1, -0.05) is 17.7 Å². The number of esters is 1. The Labute approximate surface area is 131 Å². The molecule has 0 saturated heterocycles. The van der Waals surface area contributed by atoms with Gasteiger partial charge in [-0.3, -0.25) is 0 Å². The lowest BCUT2D eigenvalue weighted by atomic mass is 10.1. The first-order valence-corrected chi connectivity index (χ1v) is 8.40. The van der Waals surface area contributed by atoms with Gasteiger partial charge in [0.25, 0.3) is 0 Å². The molecule has 22 heavy (non-hydrogen) atoms. The summed E-state index contributed by atoms with van der Waals surface area (Å²) in [5.41, 5.74) is 0.175. The predicted octanol–water partition coefficient (Wildman–Crippen LogP) is 1.36. The Balaban J connectivity index is 2.80. The molecule has 0 aromatic heterocycles. The average molecular weight is 329 g/mol. The molecule has 0 aliphatic carbocycles. The second-order valence-corrected chi connectivity index (χ2v) is 7.92. The number of aliphatic hydroxyl groups is 1. The lowest BCUT2D eigenvalue weighted by molar-refractivity contribution is -0.166. The first-order chi connectivity index (χ1) is 9.92. The van der Waals surface area contributed by atoms with Crippen LogP contribution in [0.3, 0.4) is 0 Å². The molecule has 0 heterocycles. The molecule has 0 radical (unpaired) electrons. The number of aliphatic hydroxyl groups excluding tert-OH is 1. The zero-order valence-electron chi connectivity index (χ0n) is 13.5. The van der Waals surface area contributed by atoms with Gasteiger partial charge in [0.1, 0.15) is 5.60 Å². The van der Waals surface area contributed by atoms with E-state index in [4.69, 9.17) is 4.74 Å². The Kier molecular flexibility index (Phi) is 5.72. The lowest BCUT2D eigenvalue weighted by Crippen LogP contribution is -2.46. The average Bonchev–Trinajstić information content (AvgIpc) is 2.35. The number of benzene rings is 1. The molecule has 0 bridgehead atoms. The van der Waals surface area contributed by atoms with Crippen LogP contribution >= 0.6 is 0 Å². The molecular formula is C15H23NO5S. The minimum atomic E-state index is -3.82. The standard InChI is InChI=1S/C15H23NO5S/c1-10-6-8-12(9-7-10)22(19,20)16-11(2)13(17)14(18)21-15(3,4)5/h6-9,11,13,16-17H,1-5H3/t11-,13-/m0/s1. The molecule has 1 aromatic rings. The van der Waals surface area contributed by atoms with E-state index in [1.54, 1.807) is 32.9 Å². The van der Waals surface area contributed by atoms with Crippen LogP contribution in [0.4, 0.5) is 0 Å². The van der Waals surface area contributed by atoms with E-state index >= 15 is 0 Å². The van der Waals surface area contributed by atoms with E-state index in [0.717, 1.165) is 5.56 Å². The quantitative estimate of drug-likeness (QED) is 0.796. The topological polar surface area (TPSA) is 92.7 Å². The highest BCUT2D eigenvalue weighted by Gasteiger charge is 2.30. The van der Waals surface area contributed by atoms with Crippen LogP contribution in [0.2, 0.25) is 0 Å². The van der Waals surface area contributed by atoms with Crippen LogP contribution in [0.5, 0.6) is 0 Å². The molecule has 0 fully saturated rings. The number of aryl methyl sites for hydroxylation is 1. The first kappa shape index (κ1) is 18.6. The monoisotopic (exact) mass is 329 g/mol. The Hall–Kier alpha value is -1.44. The van der Waals surface area contributed by atoms with Crippen molar-refractivity contribution in [3.8, 4) is 0 Å². The maximum atomic E-state index is 12.2. The zero-order chi connectivity index (χ0) is 17.1. The van der Waals surface area contributed by atoms with E-state index in [-0.39, 0.29) is 4.90 Å². The van der Waals surface area contributed by atoms with E-state index in [9.17, 15) is 18.3 Å². The van der Waals surface area contributed by atoms with Gasteiger partial charge in [-0.05, 0) is 46.8 Å². The third-order valence-electron chi connectivity index (χ3n) is 2.79. The molecule has 0 amide bonds. The maximum Gasteiger partial charge on any atom is 0.337 e. The van der Waals surface area contributed by atoms with Crippen LogP contribution in [0.15, 0.2) is 29.2 Å². The number of hydrogen-bond acceptors (Lipinski definition) is 5. The van der Waals surface area contributed by atoms with Crippen molar-refractivity contribution in [2.75, 3.05) is 0 Å². The van der Waals surface area contributed by atoms with E-state index in [0.29, 0.717) is 0 Å². The van der Waals surface area contributed by atoms with Crippen molar-refractivity contribution in [1.29, 1.82) is 0 Å². The van der Waals surface area contributed by atoms with E-state index in [1.165, 1.54) is 19.1 Å². The van der Waals surface area contributed by atoms with Gasteiger partial charge in [0.2, 0.25) is 10.0 Å². The minimum Gasteiger partial charge on any atom is -0.458 e. The van der Waals surface area contributed by atoms with Gasteiger partial charge in [0.15, 0.2) is 6.10 Å². The highest BCUT2D eigenvalue weighted by atomic mass is 32.2. The van der Waals surface area contributed by atoms with Crippen molar-refractivity contribution in [2.45, 2.75) is 57.3 Å². The van der Waals surface area contributed by atoms with Gasteiger partial charge in [-0.25, -0.2) is 17.9 Å². The maximum absolute atomic E-state index is 12.2. The van der Waals surface area contributed by atoms with Crippen molar-refractivity contribution in [2.24, 2.45) is 0 Å². The third kappa shape index (κ3) is 5.40. The van der Waals surface area contributed by atoms with Gasteiger partial charge >= 0.3 is 5.97 Å². The van der Waals surface area contributed by atoms with Crippen LogP contribution in [0.25, 0.3) is 0 Å². The SMILES string of the molecule is Cc1ccc(S(=O)(=O)N[C@@H](C)[C@H](O)C(=O)OC(C)(C)C)cc1. The molecule has 0 aliphatic rings.